The zero-order chi connectivity index (χ0) is 15.9. The van der Waals surface area contributed by atoms with Gasteiger partial charge in [0, 0.05) is 13.6 Å². The van der Waals surface area contributed by atoms with Gasteiger partial charge in [0.1, 0.15) is 6.04 Å². The molecule has 0 aliphatic carbocycles. The standard InChI is InChI=1S/C15H17N3O4/c1-8-13(19)16-10-5-3-4-9(12(10)22-8)14(20)17-11-6-7-18(2)15(11)21/h3-5,8,11H,6-7H2,1-2H3,(H,16,19)(H,17,20). The minimum atomic E-state index is -0.666. The highest BCUT2D eigenvalue weighted by atomic mass is 16.5. The van der Waals surface area contributed by atoms with Crippen LogP contribution >= 0.6 is 0 Å². The first-order valence-corrected chi connectivity index (χ1v) is 7.13. The summed E-state index contributed by atoms with van der Waals surface area (Å²) in [5.41, 5.74) is 0.775. The highest BCUT2D eigenvalue weighted by molar-refractivity contribution is 6.05. The van der Waals surface area contributed by atoms with Gasteiger partial charge in [-0.3, -0.25) is 14.4 Å². The number of hydrogen-bond donors (Lipinski definition) is 2. The van der Waals surface area contributed by atoms with Crippen molar-refractivity contribution < 1.29 is 19.1 Å². The minimum absolute atomic E-state index is 0.0965. The van der Waals surface area contributed by atoms with Crippen LogP contribution in [-0.4, -0.2) is 48.4 Å². The van der Waals surface area contributed by atoms with Crippen LogP contribution in [0.2, 0.25) is 0 Å². The van der Waals surface area contributed by atoms with Gasteiger partial charge in [-0.05, 0) is 25.5 Å². The largest absolute Gasteiger partial charge is 0.478 e. The summed E-state index contributed by atoms with van der Waals surface area (Å²) in [4.78, 5) is 37.5. The van der Waals surface area contributed by atoms with Crippen LogP contribution in [0.3, 0.4) is 0 Å². The Kier molecular flexibility index (Phi) is 3.48. The zero-order valence-corrected chi connectivity index (χ0v) is 12.4. The number of para-hydroxylation sites is 1. The monoisotopic (exact) mass is 303 g/mol. The molecule has 2 atom stereocenters. The number of benzene rings is 1. The maximum Gasteiger partial charge on any atom is 0.265 e. The van der Waals surface area contributed by atoms with Crippen molar-refractivity contribution in [3.63, 3.8) is 0 Å². The van der Waals surface area contributed by atoms with Crippen LogP contribution in [0.5, 0.6) is 5.75 Å². The van der Waals surface area contributed by atoms with Gasteiger partial charge in [-0.25, -0.2) is 0 Å². The van der Waals surface area contributed by atoms with E-state index in [0.29, 0.717) is 30.0 Å². The van der Waals surface area contributed by atoms with E-state index in [9.17, 15) is 14.4 Å². The third-order valence-electron chi connectivity index (χ3n) is 3.91. The van der Waals surface area contributed by atoms with E-state index in [4.69, 9.17) is 4.74 Å². The van der Waals surface area contributed by atoms with Gasteiger partial charge in [0.2, 0.25) is 5.91 Å². The Bertz CT molecular complexity index is 658. The third-order valence-corrected chi connectivity index (χ3v) is 3.91. The van der Waals surface area contributed by atoms with Crippen LogP contribution in [0.25, 0.3) is 0 Å². The van der Waals surface area contributed by atoms with E-state index >= 15 is 0 Å². The molecule has 7 heteroatoms. The zero-order valence-electron chi connectivity index (χ0n) is 12.4. The number of nitrogens with one attached hydrogen (secondary N) is 2. The fourth-order valence-corrected chi connectivity index (χ4v) is 2.60. The van der Waals surface area contributed by atoms with E-state index in [-0.39, 0.29) is 17.7 Å². The van der Waals surface area contributed by atoms with Crippen molar-refractivity contribution in [2.45, 2.75) is 25.5 Å². The van der Waals surface area contributed by atoms with Crippen LogP contribution in [0.15, 0.2) is 18.2 Å². The molecule has 7 nitrogen and oxygen atoms in total. The molecule has 2 aliphatic rings. The van der Waals surface area contributed by atoms with Gasteiger partial charge >= 0.3 is 0 Å². The molecule has 0 radical (unpaired) electrons. The molecular weight excluding hydrogens is 286 g/mol. The van der Waals surface area contributed by atoms with Crippen molar-refractivity contribution in [1.29, 1.82) is 0 Å². The predicted octanol–water partition coefficient (Wildman–Crippen LogP) is 0.366. The number of amides is 3. The second-order valence-electron chi connectivity index (χ2n) is 5.51. The van der Waals surface area contributed by atoms with Crippen LogP contribution in [0, 0.1) is 0 Å². The van der Waals surface area contributed by atoms with E-state index < -0.39 is 12.1 Å². The number of rotatable bonds is 2. The van der Waals surface area contributed by atoms with Gasteiger partial charge in [-0.1, -0.05) is 6.07 Å². The van der Waals surface area contributed by atoms with Gasteiger partial charge in [0.05, 0.1) is 11.3 Å². The SMILES string of the molecule is CC1Oc2c(cccc2C(=O)NC2CCN(C)C2=O)NC1=O. The summed E-state index contributed by atoms with van der Waals surface area (Å²) >= 11 is 0. The molecule has 1 fully saturated rings. The summed E-state index contributed by atoms with van der Waals surface area (Å²) in [6, 6.07) is 4.44. The number of likely N-dealkylation sites (N-methyl/N-ethyl adjacent to an activating group) is 1. The maximum atomic E-state index is 12.4. The highest BCUT2D eigenvalue weighted by Crippen LogP contribution is 2.33. The number of ether oxygens (including phenoxy) is 1. The third kappa shape index (κ3) is 2.38. The lowest BCUT2D eigenvalue weighted by Crippen LogP contribution is -2.41. The number of likely N-dealkylation sites (tertiary alicyclic amines) is 1. The van der Waals surface area contributed by atoms with Crippen molar-refractivity contribution in [2.75, 3.05) is 18.9 Å². The molecule has 0 spiro atoms. The Morgan fingerprint density at radius 3 is 2.86 bits per heavy atom. The summed E-state index contributed by atoms with van der Waals surface area (Å²) in [6.07, 6.45) is -0.0786. The summed E-state index contributed by atoms with van der Waals surface area (Å²) < 4.78 is 5.54. The van der Waals surface area contributed by atoms with Crippen molar-refractivity contribution >= 4 is 23.4 Å². The average molecular weight is 303 g/mol. The van der Waals surface area contributed by atoms with Crippen molar-refractivity contribution in [3.05, 3.63) is 23.8 Å². The molecule has 0 saturated carbocycles. The van der Waals surface area contributed by atoms with Gasteiger partial charge in [0.25, 0.3) is 11.8 Å². The Labute approximate surface area is 127 Å². The molecule has 2 aliphatic heterocycles. The molecule has 0 aromatic heterocycles. The topological polar surface area (TPSA) is 87.7 Å². The van der Waals surface area contributed by atoms with Crippen LogP contribution in [0.1, 0.15) is 23.7 Å². The van der Waals surface area contributed by atoms with E-state index in [1.165, 1.54) is 0 Å². The van der Waals surface area contributed by atoms with Crippen molar-refractivity contribution in [1.82, 2.24) is 10.2 Å². The molecule has 0 bridgehead atoms. The van der Waals surface area contributed by atoms with E-state index in [0.717, 1.165) is 0 Å². The van der Waals surface area contributed by atoms with Crippen LogP contribution in [-0.2, 0) is 9.59 Å². The highest BCUT2D eigenvalue weighted by Gasteiger charge is 2.32. The molecule has 1 aromatic carbocycles. The number of carbonyl (C=O) groups is 3. The van der Waals surface area contributed by atoms with Crippen molar-refractivity contribution in [3.8, 4) is 5.75 Å². The number of carbonyl (C=O) groups excluding carboxylic acids is 3. The molecule has 2 N–H and O–H groups in total. The molecule has 2 unspecified atom stereocenters. The van der Waals surface area contributed by atoms with Crippen LogP contribution < -0.4 is 15.4 Å². The number of hydrogen-bond acceptors (Lipinski definition) is 4. The minimum Gasteiger partial charge on any atom is -0.478 e. The summed E-state index contributed by atoms with van der Waals surface area (Å²) in [7, 11) is 1.71. The fourth-order valence-electron chi connectivity index (χ4n) is 2.60. The average Bonchev–Trinajstić information content (AvgIpc) is 2.80. The summed E-state index contributed by atoms with van der Waals surface area (Å²) in [5, 5.41) is 5.42. The predicted molar refractivity (Wildman–Crippen MR) is 78.7 cm³/mol. The molecule has 2 heterocycles. The van der Waals surface area contributed by atoms with Gasteiger partial charge < -0.3 is 20.3 Å². The number of nitrogens with zero attached hydrogens (tertiary/aromatic N) is 1. The molecule has 3 rings (SSSR count). The van der Waals surface area contributed by atoms with Crippen molar-refractivity contribution in [2.24, 2.45) is 0 Å². The molecule has 22 heavy (non-hydrogen) atoms. The van der Waals surface area contributed by atoms with E-state index in [2.05, 4.69) is 10.6 Å². The van der Waals surface area contributed by atoms with E-state index in [1.54, 1.807) is 37.1 Å². The van der Waals surface area contributed by atoms with E-state index in [1.807, 2.05) is 0 Å². The Balaban J connectivity index is 1.83. The maximum absolute atomic E-state index is 12.4. The smallest absolute Gasteiger partial charge is 0.265 e. The van der Waals surface area contributed by atoms with Crippen LogP contribution in [0.4, 0.5) is 5.69 Å². The lowest BCUT2D eigenvalue weighted by molar-refractivity contribution is -0.128. The lowest BCUT2D eigenvalue weighted by Gasteiger charge is -2.25. The Hall–Kier alpha value is -2.57. The number of anilines is 1. The summed E-state index contributed by atoms with van der Waals surface area (Å²) in [5.74, 6) is -0.391. The normalized spacial score (nSPS) is 23.6. The molecule has 1 saturated heterocycles. The fraction of sp³-hybridized carbons (Fsp3) is 0.400. The summed E-state index contributed by atoms with van der Waals surface area (Å²) in [6.45, 7) is 2.24. The first-order chi connectivity index (χ1) is 10.5. The van der Waals surface area contributed by atoms with Gasteiger partial charge in [-0.15, -0.1) is 0 Å². The quantitative estimate of drug-likeness (QED) is 0.826. The Morgan fingerprint density at radius 1 is 1.41 bits per heavy atom. The molecule has 1 aromatic rings. The van der Waals surface area contributed by atoms with Gasteiger partial charge in [0.15, 0.2) is 11.9 Å². The number of fused-ring (bicyclic) bond motifs is 1. The molecule has 116 valence electrons. The first-order valence-electron chi connectivity index (χ1n) is 7.13. The second-order valence-corrected chi connectivity index (χ2v) is 5.51. The molecule has 3 amide bonds. The second kappa shape index (κ2) is 5.32. The first kappa shape index (κ1) is 14.4. The molecular formula is C15H17N3O4. The Morgan fingerprint density at radius 2 is 2.18 bits per heavy atom. The van der Waals surface area contributed by atoms with Gasteiger partial charge in [-0.2, -0.15) is 0 Å². The lowest BCUT2D eigenvalue weighted by atomic mass is 10.1.